The van der Waals surface area contributed by atoms with Crippen LogP contribution in [0.25, 0.3) is 11.0 Å². The van der Waals surface area contributed by atoms with Crippen LogP contribution >= 0.6 is 0 Å². The molecule has 0 fully saturated rings. The van der Waals surface area contributed by atoms with Crippen molar-refractivity contribution < 1.29 is 23.8 Å². The van der Waals surface area contributed by atoms with Crippen molar-refractivity contribution in [2.45, 2.75) is 45.1 Å². The third-order valence-electron chi connectivity index (χ3n) is 4.52. The molecule has 1 aromatic heterocycles. The minimum absolute atomic E-state index is 0.0423. The lowest BCUT2D eigenvalue weighted by molar-refractivity contribution is -0.137. The van der Waals surface area contributed by atoms with Crippen LogP contribution in [0.15, 0.2) is 27.4 Å². The fourth-order valence-electron chi connectivity index (χ4n) is 3.19. The van der Waals surface area contributed by atoms with Crippen LogP contribution in [-0.2, 0) is 22.4 Å². The molecular formula is C19H21NO6. The molecule has 1 amide bonds. The Kier molecular flexibility index (Phi) is 5.25. The number of hydrogen-bond acceptors (Lipinski definition) is 5. The molecule has 1 aliphatic rings. The Bertz CT molecular complexity index is 901. The molecule has 0 saturated heterocycles. The maximum absolute atomic E-state index is 12.2. The van der Waals surface area contributed by atoms with Gasteiger partial charge in [0.05, 0.1) is 6.42 Å². The number of carbonyl (C=O) groups excluding carboxylic acids is 1. The average Bonchev–Trinajstić information content (AvgIpc) is 2.61. The van der Waals surface area contributed by atoms with E-state index in [2.05, 4.69) is 5.32 Å². The molecule has 7 heteroatoms. The maximum Gasteiger partial charge on any atom is 0.339 e. The summed E-state index contributed by atoms with van der Waals surface area (Å²) in [5, 5.41) is 12.0. The number of rotatable bonds is 6. The van der Waals surface area contributed by atoms with Gasteiger partial charge >= 0.3 is 11.6 Å². The molecule has 26 heavy (non-hydrogen) atoms. The summed E-state index contributed by atoms with van der Waals surface area (Å²) in [5.41, 5.74) is 1.97. The number of carbonyl (C=O) groups is 2. The van der Waals surface area contributed by atoms with E-state index in [1.807, 2.05) is 6.07 Å². The van der Waals surface area contributed by atoms with E-state index in [0.29, 0.717) is 11.3 Å². The summed E-state index contributed by atoms with van der Waals surface area (Å²) in [7, 11) is 0. The molecule has 1 heterocycles. The van der Waals surface area contributed by atoms with Crippen molar-refractivity contribution in [3.63, 3.8) is 0 Å². The van der Waals surface area contributed by atoms with Gasteiger partial charge in [-0.1, -0.05) is 0 Å². The van der Waals surface area contributed by atoms with Crippen LogP contribution in [0.3, 0.4) is 0 Å². The summed E-state index contributed by atoms with van der Waals surface area (Å²) >= 11 is 0. The van der Waals surface area contributed by atoms with Crippen molar-refractivity contribution in [1.29, 1.82) is 0 Å². The van der Waals surface area contributed by atoms with Gasteiger partial charge in [-0.2, -0.15) is 0 Å². The maximum atomic E-state index is 12.2. The van der Waals surface area contributed by atoms with Crippen molar-refractivity contribution in [3.8, 4) is 5.75 Å². The number of ether oxygens (including phenoxy) is 1. The third kappa shape index (κ3) is 3.87. The van der Waals surface area contributed by atoms with Gasteiger partial charge < -0.3 is 19.6 Å². The lowest BCUT2D eigenvalue weighted by Crippen LogP contribution is -2.37. The van der Waals surface area contributed by atoms with E-state index in [9.17, 15) is 14.4 Å². The van der Waals surface area contributed by atoms with Crippen LogP contribution in [0.5, 0.6) is 5.75 Å². The minimum atomic E-state index is -0.980. The summed E-state index contributed by atoms with van der Waals surface area (Å²) in [6, 6.07) is 5.22. The number of fused-ring (bicyclic) bond motifs is 3. The van der Waals surface area contributed by atoms with Gasteiger partial charge in [0.2, 0.25) is 0 Å². The monoisotopic (exact) mass is 359 g/mol. The van der Waals surface area contributed by atoms with Crippen LogP contribution < -0.4 is 15.7 Å². The Hall–Kier alpha value is -2.83. The number of benzene rings is 1. The summed E-state index contributed by atoms with van der Waals surface area (Å²) in [6.45, 7) is 1.62. The van der Waals surface area contributed by atoms with E-state index in [1.165, 1.54) is 0 Å². The first kappa shape index (κ1) is 18.0. The largest absolute Gasteiger partial charge is 0.481 e. The fraction of sp³-hybridized carbons (Fsp3) is 0.421. The molecule has 0 unspecified atom stereocenters. The highest BCUT2D eigenvalue weighted by molar-refractivity contribution is 5.84. The molecule has 7 nitrogen and oxygen atoms in total. The van der Waals surface area contributed by atoms with Gasteiger partial charge in [0.25, 0.3) is 5.91 Å². The smallest absolute Gasteiger partial charge is 0.339 e. The van der Waals surface area contributed by atoms with Crippen molar-refractivity contribution in [1.82, 2.24) is 5.32 Å². The summed E-state index contributed by atoms with van der Waals surface area (Å²) in [5.74, 6) is -0.970. The molecule has 3 rings (SSSR count). The molecule has 2 N–H and O–H groups in total. The summed E-state index contributed by atoms with van der Waals surface area (Å²) < 4.78 is 11.0. The molecule has 0 bridgehead atoms. The van der Waals surface area contributed by atoms with Crippen LogP contribution in [0, 0.1) is 0 Å². The van der Waals surface area contributed by atoms with E-state index in [4.69, 9.17) is 14.3 Å². The van der Waals surface area contributed by atoms with Gasteiger partial charge in [-0.05, 0) is 50.3 Å². The Morgan fingerprint density at radius 1 is 1.27 bits per heavy atom. The van der Waals surface area contributed by atoms with E-state index in [0.717, 1.165) is 42.2 Å². The second-order valence-corrected chi connectivity index (χ2v) is 6.41. The zero-order valence-corrected chi connectivity index (χ0v) is 14.5. The zero-order valence-electron chi connectivity index (χ0n) is 14.5. The highest BCUT2D eigenvalue weighted by Gasteiger charge is 2.19. The highest BCUT2D eigenvalue weighted by atomic mass is 16.5. The first-order valence-electron chi connectivity index (χ1n) is 8.70. The number of aliphatic carboxylic acids is 1. The van der Waals surface area contributed by atoms with Crippen LogP contribution in [-0.4, -0.2) is 29.6 Å². The third-order valence-corrected chi connectivity index (χ3v) is 4.52. The Morgan fingerprint density at radius 2 is 2.00 bits per heavy atom. The number of carboxylic acid groups (broad SMARTS) is 1. The molecule has 0 spiro atoms. The molecule has 2 aromatic rings. The molecule has 0 radical (unpaired) electrons. The number of amides is 1. The molecule has 1 atom stereocenters. The first-order chi connectivity index (χ1) is 12.5. The Morgan fingerprint density at radius 3 is 2.73 bits per heavy atom. The summed E-state index contributed by atoms with van der Waals surface area (Å²) in [4.78, 5) is 34.6. The first-order valence-corrected chi connectivity index (χ1v) is 8.70. The topological polar surface area (TPSA) is 106 Å². The zero-order chi connectivity index (χ0) is 18.7. The number of carboxylic acids is 1. The molecule has 1 aliphatic carbocycles. The Balaban J connectivity index is 1.76. The van der Waals surface area contributed by atoms with Crippen LogP contribution in [0.2, 0.25) is 0 Å². The standard InChI is InChI=1S/C19H21NO6/c1-11(18(23)20-9-8-17(21)22)25-12-6-7-14-13-4-2-3-5-15(13)19(24)26-16(14)10-12/h6-7,10-11H,2-5,8-9H2,1H3,(H,20,23)(H,21,22)/t11-/m1/s1. The molecular weight excluding hydrogens is 338 g/mol. The molecule has 0 saturated carbocycles. The highest BCUT2D eigenvalue weighted by Crippen LogP contribution is 2.29. The minimum Gasteiger partial charge on any atom is -0.481 e. The van der Waals surface area contributed by atoms with E-state index in [-0.39, 0.29) is 18.6 Å². The SMILES string of the molecule is C[C@@H](Oc1ccc2c3c(c(=O)oc2c1)CCCC3)C(=O)NCCC(=O)O. The van der Waals surface area contributed by atoms with Crippen LogP contribution in [0.1, 0.15) is 37.3 Å². The number of nitrogens with one attached hydrogen (secondary N) is 1. The predicted molar refractivity (Wildman–Crippen MR) is 94.5 cm³/mol. The van der Waals surface area contributed by atoms with Gasteiger partial charge in [0.1, 0.15) is 11.3 Å². The van der Waals surface area contributed by atoms with E-state index >= 15 is 0 Å². The summed E-state index contributed by atoms with van der Waals surface area (Å²) in [6.07, 6.45) is 2.71. The van der Waals surface area contributed by atoms with Crippen LogP contribution in [0.4, 0.5) is 0 Å². The van der Waals surface area contributed by atoms with E-state index < -0.39 is 18.0 Å². The molecule has 1 aromatic carbocycles. The quantitative estimate of drug-likeness (QED) is 0.765. The predicted octanol–water partition coefficient (Wildman–Crippen LogP) is 2.03. The van der Waals surface area contributed by atoms with Crippen molar-refractivity contribution in [2.75, 3.05) is 6.54 Å². The van der Waals surface area contributed by atoms with Crippen molar-refractivity contribution in [3.05, 3.63) is 39.7 Å². The average molecular weight is 359 g/mol. The van der Waals surface area contributed by atoms with Gasteiger partial charge in [-0.15, -0.1) is 0 Å². The fourth-order valence-corrected chi connectivity index (χ4v) is 3.19. The van der Waals surface area contributed by atoms with Gasteiger partial charge in [-0.3, -0.25) is 9.59 Å². The van der Waals surface area contributed by atoms with Crippen molar-refractivity contribution in [2.24, 2.45) is 0 Å². The second-order valence-electron chi connectivity index (χ2n) is 6.41. The molecule has 138 valence electrons. The second kappa shape index (κ2) is 7.59. The normalized spacial score (nSPS) is 14.5. The van der Waals surface area contributed by atoms with Gasteiger partial charge in [0.15, 0.2) is 6.10 Å². The Labute approximate surface area is 150 Å². The lowest BCUT2D eigenvalue weighted by atomic mass is 9.91. The van der Waals surface area contributed by atoms with Crippen molar-refractivity contribution >= 4 is 22.8 Å². The van der Waals surface area contributed by atoms with Gasteiger partial charge in [-0.25, -0.2) is 4.79 Å². The van der Waals surface area contributed by atoms with E-state index in [1.54, 1.807) is 19.1 Å². The van der Waals surface area contributed by atoms with Gasteiger partial charge in [0, 0.05) is 23.6 Å². The number of aryl methyl sites for hydroxylation is 1. The molecule has 0 aliphatic heterocycles. The lowest BCUT2D eigenvalue weighted by Gasteiger charge is -2.17. The number of hydrogen-bond donors (Lipinski definition) is 2.